The number of halogens is 1. The van der Waals surface area contributed by atoms with Gasteiger partial charge in [0.15, 0.2) is 5.76 Å². The second-order valence-corrected chi connectivity index (χ2v) is 8.42. The maximum atomic E-state index is 13.2. The van der Waals surface area contributed by atoms with Crippen molar-refractivity contribution in [3.05, 3.63) is 114 Å². The van der Waals surface area contributed by atoms with Gasteiger partial charge < -0.3 is 15.1 Å². The van der Waals surface area contributed by atoms with Gasteiger partial charge in [0.05, 0.1) is 17.0 Å². The van der Waals surface area contributed by atoms with Gasteiger partial charge in [-0.15, -0.1) is 11.8 Å². The van der Waals surface area contributed by atoms with Crippen molar-refractivity contribution in [2.45, 2.75) is 10.1 Å². The van der Waals surface area contributed by atoms with E-state index in [0.29, 0.717) is 16.4 Å². The number of furan rings is 1. The molecule has 1 atom stereocenters. The molecule has 0 saturated carbocycles. The monoisotopic (exact) mass is 462 g/mol. The summed E-state index contributed by atoms with van der Waals surface area (Å²) in [7, 11) is 0. The molecule has 0 spiro atoms. The van der Waals surface area contributed by atoms with Crippen LogP contribution in [0.15, 0.2) is 107 Å². The number of para-hydroxylation sites is 1. The van der Waals surface area contributed by atoms with Gasteiger partial charge in [0.25, 0.3) is 5.91 Å². The van der Waals surface area contributed by atoms with Gasteiger partial charge in [-0.3, -0.25) is 9.59 Å². The molecule has 3 aromatic carbocycles. The highest BCUT2D eigenvalue weighted by Gasteiger charge is 2.23. The SMILES string of the molecule is O=C(Nc1cccc(SC(C(=O)Nc2ccccc2Cl)c2ccccc2)c1)c1ccco1. The Bertz CT molecular complexity index is 1210. The Labute approximate surface area is 194 Å². The summed E-state index contributed by atoms with van der Waals surface area (Å²) in [5, 5.41) is 5.68. The first-order chi connectivity index (χ1) is 15.6. The fourth-order valence-electron chi connectivity index (χ4n) is 3.05. The molecule has 5 nitrogen and oxygen atoms in total. The van der Waals surface area contributed by atoms with Gasteiger partial charge in [0.2, 0.25) is 5.91 Å². The Morgan fingerprint density at radius 2 is 1.62 bits per heavy atom. The lowest BCUT2D eigenvalue weighted by atomic mass is 10.1. The van der Waals surface area contributed by atoms with Crippen molar-refractivity contribution < 1.29 is 14.0 Å². The number of rotatable bonds is 7. The molecule has 1 aromatic heterocycles. The zero-order valence-electron chi connectivity index (χ0n) is 16.8. The summed E-state index contributed by atoms with van der Waals surface area (Å²) in [6, 6.07) is 27.2. The van der Waals surface area contributed by atoms with Crippen LogP contribution in [0.1, 0.15) is 21.4 Å². The van der Waals surface area contributed by atoms with Crippen LogP contribution in [0, 0.1) is 0 Å². The third-order valence-corrected chi connectivity index (χ3v) is 6.14. The Morgan fingerprint density at radius 1 is 0.844 bits per heavy atom. The van der Waals surface area contributed by atoms with Crippen molar-refractivity contribution in [3.8, 4) is 0 Å². The van der Waals surface area contributed by atoms with Gasteiger partial charge in [0.1, 0.15) is 5.25 Å². The Hall–Kier alpha value is -3.48. The van der Waals surface area contributed by atoms with Crippen LogP contribution in [0.3, 0.4) is 0 Å². The van der Waals surface area contributed by atoms with Crippen molar-refractivity contribution in [2.75, 3.05) is 10.6 Å². The number of carbonyl (C=O) groups excluding carboxylic acids is 2. The van der Waals surface area contributed by atoms with Crippen molar-refractivity contribution in [1.82, 2.24) is 0 Å². The molecule has 0 aliphatic heterocycles. The van der Waals surface area contributed by atoms with Gasteiger partial charge in [-0.05, 0) is 48.0 Å². The number of carbonyl (C=O) groups is 2. The molecule has 7 heteroatoms. The highest BCUT2D eigenvalue weighted by atomic mass is 35.5. The van der Waals surface area contributed by atoms with Crippen LogP contribution in [0.2, 0.25) is 5.02 Å². The average Bonchev–Trinajstić information content (AvgIpc) is 3.35. The van der Waals surface area contributed by atoms with E-state index < -0.39 is 5.25 Å². The van der Waals surface area contributed by atoms with E-state index in [9.17, 15) is 9.59 Å². The van der Waals surface area contributed by atoms with E-state index in [-0.39, 0.29) is 17.6 Å². The molecule has 0 saturated heterocycles. The highest BCUT2D eigenvalue weighted by Crippen LogP contribution is 2.37. The molecule has 32 heavy (non-hydrogen) atoms. The van der Waals surface area contributed by atoms with Gasteiger partial charge in [0, 0.05) is 10.6 Å². The van der Waals surface area contributed by atoms with Crippen molar-refractivity contribution in [2.24, 2.45) is 0 Å². The van der Waals surface area contributed by atoms with E-state index in [2.05, 4.69) is 10.6 Å². The number of nitrogens with one attached hydrogen (secondary N) is 2. The van der Waals surface area contributed by atoms with Gasteiger partial charge in [-0.1, -0.05) is 60.1 Å². The minimum absolute atomic E-state index is 0.195. The third-order valence-electron chi connectivity index (χ3n) is 4.56. The van der Waals surface area contributed by atoms with Crippen LogP contribution in [0.5, 0.6) is 0 Å². The molecule has 0 bridgehead atoms. The average molecular weight is 463 g/mol. The topological polar surface area (TPSA) is 71.3 Å². The van der Waals surface area contributed by atoms with E-state index in [1.807, 2.05) is 60.7 Å². The van der Waals surface area contributed by atoms with Gasteiger partial charge in [-0.25, -0.2) is 0 Å². The summed E-state index contributed by atoms with van der Waals surface area (Å²) in [6.07, 6.45) is 1.45. The Kier molecular flexibility index (Phi) is 6.94. The maximum Gasteiger partial charge on any atom is 0.291 e. The zero-order chi connectivity index (χ0) is 22.3. The van der Waals surface area contributed by atoms with E-state index >= 15 is 0 Å². The molecule has 0 radical (unpaired) electrons. The summed E-state index contributed by atoms with van der Waals surface area (Å²) in [5.74, 6) is -0.308. The highest BCUT2D eigenvalue weighted by molar-refractivity contribution is 8.00. The van der Waals surface area contributed by atoms with Crippen LogP contribution < -0.4 is 10.6 Å². The lowest BCUT2D eigenvalue weighted by Gasteiger charge is -2.18. The van der Waals surface area contributed by atoms with Crippen molar-refractivity contribution in [3.63, 3.8) is 0 Å². The summed E-state index contributed by atoms with van der Waals surface area (Å²) in [4.78, 5) is 26.3. The second kappa shape index (κ2) is 10.2. The summed E-state index contributed by atoms with van der Waals surface area (Å²) in [5.41, 5.74) is 2.02. The molecule has 4 aromatic rings. The van der Waals surface area contributed by atoms with Crippen LogP contribution in [0.4, 0.5) is 11.4 Å². The third kappa shape index (κ3) is 5.41. The predicted molar refractivity (Wildman–Crippen MR) is 128 cm³/mol. The largest absolute Gasteiger partial charge is 0.459 e. The van der Waals surface area contributed by atoms with E-state index in [4.69, 9.17) is 16.0 Å². The first-order valence-electron chi connectivity index (χ1n) is 9.82. The number of anilines is 2. The predicted octanol–water partition coefficient (Wildman–Crippen LogP) is 6.66. The second-order valence-electron chi connectivity index (χ2n) is 6.84. The number of amides is 2. The lowest BCUT2D eigenvalue weighted by Crippen LogP contribution is -2.19. The first kappa shape index (κ1) is 21.7. The quantitative estimate of drug-likeness (QED) is 0.301. The molecule has 0 fully saturated rings. The van der Waals surface area contributed by atoms with Crippen molar-refractivity contribution in [1.29, 1.82) is 0 Å². The summed E-state index contributed by atoms with van der Waals surface area (Å²) in [6.45, 7) is 0. The standard InChI is InChI=1S/C25H19ClN2O3S/c26-20-12-4-5-13-21(20)28-25(30)23(17-8-2-1-3-9-17)32-19-11-6-10-18(16-19)27-24(29)22-14-7-15-31-22/h1-16,23H,(H,27,29)(H,28,30). The normalized spacial score (nSPS) is 11.5. The van der Waals surface area contributed by atoms with E-state index in [1.165, 1.54) is 18.0 Å². The van der Waals surface area contributed by atoms with Gasteiger partial charge >= 0.3 is 0 Å². The number of hydrogen-bond donors (Lipinski definition) is 2. The Balaban J connectivity index is 1.55. The minimum Gasteiger partial charge on any atom is -0.459 e. The Morgan fingerprint density at radius 3 is 2.38 bits per heavy atom. The van der Waals surface area contributed by atoms with E-state index in [0.717, 1.165) is 10.5 Å². The smallest absolute Gasteiger partial charge is 0.291 e. The summed E-state index contributed by atoms with van der Waals surface area (Å²) >= 11 is 7.61. The molecule has 160 valence electrons. The van der Waals surface area contributed by atoms with Crippen LogP contribution in [-0.2, 0) is 4.79 Å². The molecular formula is C25H19ClN2O3S. The van der Waals surface area contributed by atoms with Crippen LogP contribution >= 0.6 is 23.4 Å². The molecule has 4 rings (SSSR count). The maximum absolute atomic E-state index is 13.2. The molecule has 1 heterocycles. The lowest BCUT2D eigenvalue weighted by molar-refractivity contribution is -0.115. The van der Waals surface area contributed by atoms with Crippen LogP contribution in [-0.4, -0.2) is 11.8 Å². The van der Waals surface area contributed by atoms with E-state index in [1.54, 1.807) is 30.3 Å². The van der Waals surface area contributed by atoms with Crippen LogP contribution in [0.25, 0.3) is 0 Å². The fraction of sp³-hybridized carbons (Fsp3) is 0.0400. The molecule has 1 unspecified atom stereocenters. The summed E-state index contributed by atoms with van der Waals surface area (Å²) < 4.78 is 5.14. The number of thioether (sulfide) groups is 1. The molecule has 2 N–H and O–H groups in total. The van der Waals surface area contributed by atoms with Gasteiger partial charge in [-0.2, -0.15) is 0 Å². The molecule has 0 aliphatic carbocycles. The van der Waals surface area contributed by atoms with Crippen molar-refractivity contribution >= 4 is 46.6 Å². The number of benzene rings is 3. The fourth-order valence-corrected chi connectivity index (χ4v) is 4.31. The molecule has 2 amide bonds. The zero-order valence-corrected chi connectivity index (χ0v) is 18.4. The molecular weight excluding hydrogens is 444 g/mol. The number of hydrogen-bond acceptors (Lipinski definition) is 4. The minimum atomic E-state index is -0.525. The molecule has 0 aliphatic rings. The first-order valence-corrected chi connectivity index (χ1v) is 11.1.